The van der Waals surface area contributed by atoms with Crippen LogP contribution >= 0.6 is 12.4 Å². The van der Waals surface area contributed by atoms with Crippen LogP contribution in [0.3, 0.4) is 0 Å². The molecular formula is C14H27ClN2O2. The predicted molar refractivity (Wildman–Crippen MR) is 78.7 cm³/mol. The maximum absolute atomic E-state index is 12.2. The van der Waals surface area contributed by atoms with Crippen molar-refractivity contribution in [3.63, 3.8) is 0 Å². The number of carbonyl (C=O) groups excluding carboxylic acids is 1. The van der Waals surface area contributed by atoms with Gasteiger partial charge in [0.25, 0.3) is 0 Å². The summed E-state index contributed by atoms with van der Waals surface area (Å²) in [7, 11) is 1.97. The van der Waals surface area contributed by atoms with Gasteiger partial charge in [-0.1, -0.05) is 0 Å². The number of nitrogens with zero attached hydrogens (tertiary/aromatic N) is 1. The van der Waals surface area contributed by atoms with Crippen molar-refractivity contribution in [3.05, 3.63) is 0 Å². The zero-order chi connectivity index (χ0) is 12.8. The number of amides is 1. The van der Waals surface area contributed by atoms with Crippen LogP contribution in [0.2, 0.25) is 0 Å². The van der Waals surface area contributed by atoms with Gasteiger partial charge in [0.05, 0.1) is 6.10 Å². The van der Waals surface area contributed by atoms with Gasteiger partial charge in [-0.05, 0) is 51.6 Å². The van der Waals surface area contributed by atoms with E-state index in [9.17, 15) is 4.79 Å². The summed E-state index contributed by atoms with van der Waals surface area (Å²) in [6, 6.07) is 0.428. The van der Waals surface area contributed by atoms with Crippen molar-refractivity contribution < 1.29 is 9.53 Å². The molecule has 2 rings (SSSR count). The highest BCUT2D eigenvalue weighted by molar-refractivity contribution is 5.85. The van der Waals surface area contributed by atoms with Crippen LogP contribution in [0.5, 0.6) is 0 Å². The molecule has 2 heterocycles. The summed E-state index contributed by atoms with van der Waals surface area (Å²) in [6.45, 7) is 3.01. The van der Waals surface area contributed by atoms with Gasteiger partial charge in [0, 0.05) is 26.1 Å². The molecule has 2 aliphatic rings. The van der Waals surface area contributed by atoms with Crippen LogP contribution in [0.1, 0.15) is 44.9 Å². The molecule has 0 aromatic carbocycles. The van der Waals surface area contributed by atoms with Crippen LogP contribution in [-0.2, 0) is 9.53 Å². The van der Waals surface area contributed by atoms with Gasteiger partial charge in [-0.25, -0.2) is 0 Å². The molecule has 0 aromatic rings. The summed E-state index contributed by atoms with van der Waals surface area (Å²) in [4.78, 5) is 14.1. The number of hydrogen-bond donors (Lipinski definition) is 1. The second-order valence-corrected chi connectivity index (χ2v) is 5.51. The third-order valence-electron chi connectivity index (χ3n) is 4.19. The lowest BCUT2D eigenvalue weighted by Gasteiger charge is -2.27. The highest BCUT2D eigenvalue weighted by Gasteiger charge is 2.22. The normalized spacial score (nSPS) is 27.4. The lowest BCUT2D eigenvalue weighted by atomic mass is 10.1. The van der Waals surface area contributed by atoms with E-state index in [0.717, 1.165) is 51.8 Å². The molecule has 19 heavy (non-hydrogen) atoms. The van der Waals surface area contributed by atoms with Gasteiger partial charge >= 0.3 is 0 Å². The first-order valence-corrected chi connectivity index (χ1v) is 7.35. The maximum Gasteiger partial charge on any atom is 0.222 e. The molecule has 0 radical (unpaired) electrons. The third-order valence-corrected chi connectivity index (χ3v) is 4.19. The monoisotopic (exact) mass is 290 g/mol. The molecule has 0 bridgehead atoms. The summed E-state index contributed by atoms with van der Waals surface area (Å²) in [5, 5.41) is 3.39. The smallest absolute Gasteiger partial charge is 0.222 e. The lowest BCUT2D eigenvalue weighted by Crippen LogP contribution is -2.37. The van der Waals surface area contributed by atoms with Crippen molar-refractivity contribution in [1.29, 1.82) is 0 Å². The molecular weight excluding hydrogens is 264 g/mol. The van der Waals surface area contributed by atoms with Gasteiger partial charge in [-0.15, -0.1) is 12.4 Å². The average Bonchev–Trinajstić information content (AvgIpc) is 2.75. The van der Waals surface area contributed by atoms with E-state index in [2.05, 4.69) is 5.32 Å². The zero-order valence-corrected chi connectivity index (χ0v) is 12.7. The number of halogens is 1. The van der Waals surface area contributed by atoms with Gasteiger partial charge in [0.15, 0.2) is 0 Å². The van der Waals surface area contributed by atoms with Crippen molar-refractivity contribution in [1.82, 2.24) is 10.2 Å². The Morgan fingerprint density at radius 3 is 2.84 bits per heavy atom. The molecule has 2 atom stereocenters. The van der Waals surface area contributed by atoms with Crippen molar-refractivity contribution in [2.45, 2.75) is 57.1 Å². The SMILES string of the molecule is CN(C(=O)CCC1CCCO1)C1CCCNCC1.Cl. The molecule has 2 aliphatic heterocycles. The summed E-state index contributed by atoms with van der Waals surface area (Å²) in [6.07, 6.45) is 7.55. The Morgan fingerprint density at radius 1 is 1.26 bits per heavy atom. The Morgan fingerprint density at radius 2 is 2.11 bits per heavy atom. The standard InChI is InChI=1S/C14H26N2O2.ClH/c1-16(12-4-2-9-15-10-8-12)14(17)7-6-13-5-3-11-18-13;/h12-13,15H,2-11H2,1H3;1H. The summed E-state index contributed by atoms with van der Waals surface area (Å²) in [5.74, 6) is 0.289. The minimum absolute atomic E-state index is 0. The van der Waals surface area contributed by atoms with Crippen LogP contribution in [0, 0.1) is 0 Å². The Balaban J connectivity index is 0.00000180. The Kier molecular flexibility index (Phi) is 7.73. The molecule has 2 fully saturated rings. The van der Waals surface area contributed by atoms with Gasteiger partial charge in [-0.2, -0.15) is 0 Å². The van der Waals surface area contributed by atoms with Crippen molar-refractivity contribution in [3.8, 4) is 0 Å². The van der Waals surface area contributed by atoms with E-state index in [-0.39, 0.29) is 18.3 Å². The molecule has 2 saturated heterocycles. The number of ether oxygens (including phenoxy) is 1. The lowest BCUT2D eigenvalue weighted by molar-refractivity contribution is -0.132. The number of nitrogens with one attached hydrogen (secondary N) is 1. The second kappa shape index (κ2) is 8.77. The summed E-state index contributed by atoms with van der Waals surface area (Å²) < 4.78 is 5.57. The van der Waals surface area contributed by atoms with Gasteiger partial charge < -0.3 is 15.0 Å². The third kappa shape index (κ3) is 5.28. The van der Waals surface area contributed by atoms with Crippen LogP contribution < -0.4 is 5.32 Å². The second-order valence-electron chi connectivity index (χ2n) is 5.51. The average molecular weight is 291 g/mol. The molecule has 112 valence electrons. The first-order valence-electron chi connectivity index (χ1n) is 7.35. The molecule has 5 heteroatoms. The quantitative estimate of drug-likeness (QED) is 0.861. The number of carbonyl (C=O) groups is 1. The molecule has 2 unspecified atom stereocenters. The van der Waals surface area contributed by atoms with E-state index >= 15 is 0 Å². The van der Waals surface area contributed by atoms with Gasteiger partial charge in [0.1, 0.15) is 0 Å². The van der Waals surface area contributed by atoms with Gasteiger partial charge in [-0.3, -0.25) is 4.79 Å². The van der Waals surface area contributed by atoms with E-state index in [0.29, 0.717) is 18.6 Å². The number of rotatable bonds is 4. The summed E-state index contributed by atoms with van der Waals surface area (Å²) >= 11 is 0. The maximum atomic E-state index is 12.2. The van der Waals surface area contributed by atoms with Gasteiger partial charge in [0.2, 0.25) is 5.91 Å². The predicted octanol–water partition coefficient (Wildman–Crippen LogP) is 1.97. The highest BCUT2D eigenvalue weighted by Crippen LogP contribution is 2.19. The van der Waals surface area contributed by atoms with E-state index in [1.165, 1.54) is 6.42 Å². The fourth-order valence-electron chi connectivity index (χ4n) is 2.92. The molecule has 1 N–H and O–H groups in total. The fraction of sp³-hybridized carbons (Fsp3) is 0.929. The van der Waals surface area contributed by atoms with Crippen LogP contribution in [0.4, 0.5) is 0 Å². The number of hydrogen-bond acceptors (Lipinski definition) is 3. The minimum atomic E-state index is 0. The zero-order valence-electron chi connectivity index (χ0n) is 11.9. The largest absolute Gasteiger partial charge is 0.378 e. The summed E-state index contributed by atoms with van der Waals surface area (Å²) in [5.41, 5.74) is 0. The molecule has 4 nitrogen and oxygen atoms in total. The van der Waals surface area contributed by atoms with E-state index in [1.54, 1.807) is 0 Å². The Labute approximate surface area is 122 Å². The topological polar surface area (TPSA) is 41.6 Å². The fourth-order valence-corrected chi connectivity index (χ4v) is 2.92. The van der Waals surface area contributed by atoms with E-state index in [4.69, 9.17) is 4.74 Å². The van der Waals surface area contributed by atoms with Crippen molar-refractivity contribution in [2.75, 3.05) is 26.7 Å². The van der Waals surface area contributed by atoms with Crippen molar-refractivity contribution >= 4 is 18.3 Å². The van der Waals surface area contributed by atoms with E-state index < -0.39 is 0 Å². The first kappa shape index (κ1) is 16.7. The molecule has 0 spiro atoms. The van der Waals surface area contributed by atoms with Crippen molar-refractivity contribution in [2.24, 2.45) is 0 Å². The highest BCUT2D eigenvalue weighted by atomic mass is 35.5. The van der Waals surface area contributed by atoms with Crippen LogP contribution in [0.15, 0.2) is 0 Å². The molecule has 0 aromatic heterocycles. The van der Waals surface area contributed by atoms with Crippen LogP contribution in [0.25, 0.3) is 0 Å². The first-order chi connectivity index (χ1) is 8.77. The molecule has 1 amide bonds. The Bertz CT molecular complexity index is 262. The van der Waals surface area contributed by atoms with Crippen LogP contribution in [-0.4, -0.2) is 49.7 Å². The minimum Gasteiger partial charge on any atom is -0.378 e. The Hall–Kier alpha value is -0.320. The molecule has 0 saturated carbocycles. The van der Waals surface area contributed by atoms with E-state index in [1.807, 2.05) is 11.9 Å². The molecule has 0 aliphatic carbocycles.